The highest BCUT2D eigenvalue weighted by Crippen LogP contribution is 2.53. The van der Waals surface area contributed by atoms with Gasteiger partial charge in [0.15, 0.2) is 0 Å². The number of thiophene rings is 1. The van der Waals surface area contributed by atoms with E-state index in [0.29, 0.717) is 10.5 Å². The van der Waals surface area contributed by atoms with Crippen molar-refractivity contribution < 1.29 is 27.4 Å². The molecule has 8 aromatic rings. The van der Waals surface area contributed by atoms with E-state index in [2.05, 4.69) is 27.7 Å². The molecule has 69 heavy (non-hydrogen) atoms. The van der Waals surface area contributed by atoms with E-state index in [1.54, 1.807) is 46.4 Å². The summed E-state index contributed by atoms with van der Waals surface area (Å²) in [5.41, 5.74) is -2.49. The van der Waals surface area contributed by atoms with Crippen LogP contribution in [0.15, 0.2) is 145 Å². The van der Waals surface area contributed by atoms with Gasteiger partial charge < -0.3 is 4.90 Å². The Hall–Kier alpha value is -6.11. The molecule has 0 amide bonds. The predicted molar refractivity (Wildman–Crippen MR) is 300 cm³/mol. The van der Waals surface area contributed by atoms with Crippen molar-refractivity contribution in [1.29, 1.82) is 0 Å². The van der Waals surface area contributed by atoms with Crippen LogP contribution in [-0.4, -0.2) is 11.7 Å². The highest BCUT2D eigenvalue weighted by Gasteiger charge is 2.48. The third-order valence-corrected chi connectivity index (χ3v) is 15.0. The van der Waals surface area contributed by atoms with E-state index < -0.39 is 148 Å². The minimum absolute atomic E-state index is 0.0503. The molecule has 6 heteroatoms. The van der Waals surface area contributed by atoms with Gasteiger partial charge in [0.1, 0.15) is 11.6 Å². The quantitative estimate of drug-likeness (QED) is 0.160. The van der Waals surface area contributed by atoms with Crippen LogP contribution in [0.1, 0.15) is 158 Å². The maximum Gasteiger partial charge on any atom is 0.266 e. The Morgan fingerprint density at radius 2 is 1.16 bits per heavy atom. The molecule has 0 unspecified atom stereocenters. The Morgan fingerprint density at radius 1 is 0.594 bits per heavy atom. The molecule has 0 atom stereocenters. The highest BCUT2D eigenvalue weighted by atomic mass is 32.1. The minimum Gasteiger partial charge on any atom is -0.311 e. The number of hydrogen-bond acceptors (Lipinski definition) is 5. The number of nitrogens with zero attached hydrogens (tertiary/aromatic N) is 4. The Labute approximate surface area is 444 Å². The summed E-state index contributed by atoms with van der Waals surface area (Å²) in [6.45, 7) is 23.5. The lowest BCUT2D eigenvalue weighted by atomic mass is 9.36. The van der Waals surface area contributed by atoms with E-state index in [4.69, 9.17) is 13.2 Å². The van der Waals surface area contributed by atoms with Gasteiger partial charge >= 0.3 is 0 Å². The van der Waals surface area contributed by atoms with Gasteiger partial charge in [0.25, 0.3) is 6.71 Å². The molecule has 4 heterocycles. The van der Waals surface area contributed by atoms with Crippen LogP contribution in [-0.2, 0) is 27.1 Å². The standard InChI is InChI=1S/C63H67BN4S/c1-59(2,3)40-24-28-45(29-25-40)67-51-32-26-42(61(7,8)9)37-50(51)64-55-52(67)39-54(66(43-20-16-14-17-21-43)44-22-18-15-19-23-44)65-58(55)68(46-30-31-48-49(38-46)63(12,13)35-34-62(48,10)11)56-47-36-41(60(4,5)6)27-33-53(47)69-57(56)64/h14-33,36-39H,34-35H2,1-13H3/i14D,15D,16D,17D,18D,19D,20D,21D,22D,23D,24D,25D,26D,27D,28D,29D,32D,33D,36D,37D. The molecule has 0 fully saturated rings. The summed E-state index contributed by atoms with van der Waals surface area (Å²) in [7, 11) is 0. The highest BCUT2D eigenvalue weighted by molar-refractivity contribution is 7.33. The fourth-order valence-electron chi connectivity index (χ4n) is 9.83. The van der Waals surface area contributed by atoms with Gasteiger partial charge in [-0.3, -0.25) is 9.80 Å². The lowest BCUT2D eigenvalue weighted by Crippen LogP contribution is -2.61. The maximum atomic E-state index is 10.6. The van der Waals surface area contributed by atoms with Gasteiger partial charge in [-0.15, -0.1) is 11.3 Å². The molecule has 0 bridgehead atoms. The number of pyridine rings is 1. The molecule has 0 N–H and O–H groups in total. The van der Waals surface area contributed by atoms with Gasteiger partial charge in [-0.05, 0) is 145 Å². The van der Waals surface area contributed by atoms with Crippen LogP contribution < -0.4 is 30.4 Å². The van der Waals surface area contributed by atoms with Crippen LogP contribution in [0.4, 0.5) is 51.4 Å². The molecule has 348 valence electrons. The van der Waals surface area contributed by atoms with Gasteiger partial charge in [-0.1, -0.05) is 163 Å². The molecular weight excluding hydrogens is 856 g/mol. The lowest BCUT2D eigenvalue weighted by Gasteiger charge is -2.45. The number of rotatable bonds is 5. The number of para-hydroxylation sites is 2. The van der Waals surface area contributed by atoms with Crippen molar-refractivity contribution in [1.82, 2.24) is 4.98 Å². The third kappa shape index (κ3) is 7.51. The fourth-order valence-corrected chi connectivity index (χ4v) is 11.0. The molecule has 11 rings (SSSR count). The van der Waals surface area contributed by atoms with E-state index in [9.17, 15) is 19.2 Å². The molecule has 1 aliphatic carbocycles. The molecule has 0 saturated heterocycles. The first-order valence-corrected chi connectivity index (χ1v) is 24.3. The van der Waals surface area contributed by atoms with Crippen LogP contribution in [0.3, 0.4) is 0 Å². The zero-order chi connectivity index (χ0) is 66.0. The number of aromatic nitrogens is 1. The van der Waals surface area contributed by atoms with Gasteiger partial charge in [0.05, 0.1) is 33.1 Å². The third-order valence-electron chi connectivity index (χ3n) is 13.9. The molecule has 0 saturated carbocycles. The van der Waals surface area contributed by atoms with Crippen LogP contribution >= 0.6 is 11.3 Å². The molecular formula is C63H67BN4S. The number of hydrogen-bond donors (Lipinski definition) is 0. The average Bonchev–Trinajstić information content (AvgIpc) is 1.69. The second-order valence-electron chi connectivity index (χ2n) is 22.9. The SMILES string of the molecule is [2H]c1c([2H])c([2H])c(N(c2cc3c4c(n2)N(c2ccc5c(c2)C(C)(C)CCC5(C)C)c2c(sc5c([2H])c([2H])c(C(C)(C)C)c([2H])c25)B4c2c([2H])c(C(C)(C)C)c([2H])c([2H])c2N3c2c([2H])c([2H])c(C(C)(C)C)c([2H])c2[2H])c2c([2H])c([2H])c([2H])c([2H])c2[2H])c([2H])c1[2H]. The fraction of sp³-hybridized carbons (Fsp3) is 0.317. The van der Waals surface area contributed by atoms with Gasteiger partial charge in [0.2, 0.25) is 0 Å². The predicted octanol–water partition coefficient (Wildman–Crippen LogP) is 16.1. The minimum atomic E-state index is -1.29. The lowest BCUT2D eigenvalue weighted by molar-refractivity contribution is 0.332. The Balaban J connectivity index is 1.48. The molecule has 4 nitrogen and oxygen atoms in total. The largest absolute Gasteiger partial charge is 0.311 e. The first-order chi connectivity index (χ1) is 40.9. The normalized spacial score (nSPS) is 20.0. The Bertz CT molecular complexity index is 4340. The van der Waals surface area contributed by atoms with Crippen molar-refractivity contribution in [3.8, 4) is 0 Å². The summed E-state index contributed by atoms with van der Waals surface area (Å²) >= 11 is 1.10. The summed E-state index contributed by atoms with van der Waals surface area (Å²) in [6, 6.07) is -5.04. The first kappa shape index (κ1) is 27.9. The first-order valence-electron chi connectivity index (χ1n) is 33.5. The molecule has 3 aliphatic rings. The smallest absolute Gasteiger partial charge is 0.266 e. The Morgan fingerprint density at radius 3 is 1.77 bits per heavy atom. The summed E-state index contributed by atoms with van der Waals surface area (Å²) in [4.78, 5) is 9.43. The van der Waals surface area contributed by atoms with Crippen molar-refractivity contribution >= 4 is 95.3 Å². The zero-order valence-electron chi connectivity index (χ0n) is 61.5. The zero-order valence-corrected chi connectivity index (χ0v) is 42.3. The number of anilines is 9. The number of fused-ring (bicyclic) bond motifs is 7. The van der Waals surface area contributed by atoms with E-state index in [-0.39, 0.29) is 90.2 Å². The van der Waals surface area contributed by atoms with Gasteiger partial charge in [-0.2, -0.15) is 0 Å². The van der Waals surface area contributed by atoms with Crippen LogP contribution in [0.5, 0.6) is 0 Å². The van der Waals surface area contributed by atoms with E-state index >= 15 is 0 Å². The summed E-state index contributed by atoms with van der Waals surface area (Å²) in [5.74, 6) is -0.566. The molecule has 2 aromatic heterocycles. The summed E-state index contributed by atoms with van der Waals surface area (Å²) < 4.78 is 193. The van der Waals surface area contributed by atoms with Gasteiger partial charge in [-0.25, -0.2) is 4.98 Å². The monoisotopic (exact) mass is 943 g/mol. The molecule has 6 aromatic carbocycles. The van der Waals surface area contributed by atoms with Crippen LogP contribution in [0.25, 0.3) is 10.1 Å². The maximum absolute atomic E-state index is 10.6. The van der Waals surface area contributed by atoms with Crippen molar-refractivity contribution in [3.05, 3.63) is 173 Å². The van der Waals surface area contributed by atoms with Crippen LogP contribution in [0, 0.1) is 0 Å². The molecule has 2 aliphatic heterocycles. The Kier molecular flexibility index (Phi) is 6.35. The van der Waals surface area contributed by atoms with Crippen molar-refractivity contribution in [2.24, 2.45) is 0 Å². The van der Waals surface area contributed by atoms with E-state index in [1.165, 1.54) is 11.0 Å². The summed E-state index contributed by atoms with van der Waals surface area (Å²) in [5, 5.41) is 0.216. The van der Waals surface area contributed by atoms with Crippen molar-refractivity contribution in [3.63, 3.8) is 0 Å². The topological polar surface area (TPSA) is 22.6 Å². The van der Waals surface area contributed by atoms with E-state index in [1.807, 2.05) is 39.0 Å². The average molecular weight is 943 g/mol. The van der Waals surface area contributed by atoms with Gasteiger partial charge in [0, 0.05) is 55.1 Å². The van der Waals surface area contributed by atoms with Crippen LogP contribution in [0.2, 0.25) is 0 Å². The molecule has 0 spiro atoms. The second kappa shape index (κ2) is 15.7. The van der Waals surface area contributed by atoms with Crippen molar-refractivity contribution in [2.75, 3.05) is 14.7 Å². The summed E-state index contributed by atoms with van der Waals surface area (Å²) in [6.07, 6.45) is 1.63. The van der Waals surface area contributed by atoms with E-state index in [0.717, 1.165) is 40.2 Å². The molecule has 0 radical (unpaired) electrons. The van der Waals surface area contributed by atoms with Crippen molar-refractivity contribution in [2.45, 2.75) is 130 Å². The number of benzene rings is 6. The second-order valence-corrected chi connectivity index (χ2v) is 23.9.